The minimum Gasteiger partial charge on any atom is -0.423 e. The smallest absolute Gasteiger partial charge is 0.423 e. The zero-order valence-electron chi connectivity index (χ0n) is 7.98. The molecule has 0 radical (unpaired) electrons. The standard InChI is InChI=1S/C8H11BN2O3/c1-5-6(8(12)10-2)3-11-4-7(5)9(13)14/h3-4,13-14H,1-2H3,(H,10,12). The number of nitrogens with one attached hydrogen (secondary N) is 1. The van der Waals surface area contributed by atoms with Gasteiger partial charge in [-0.3, -0.25) is 9.78 Å². The largest absolute Gasteiger partial charge is 0.490 e. The van der Waals surface area contributed by atoms with Crippen LogP contribution in [0.1, 0.15) is 15.9 Å². The number of hydrogen-bond acceptors (Lipinski definition) is 4. The zero-order chi connectivity index (χ0) is 10.7. The van der Waals surface area contributed by atoms with E-state index in [2.05, 4.69) is 10.3 Å². The Kier molecular flexibility index (Phi) is 3.21. The summed E-state index contributed by atoms with van der Waals surface area (Å²) in [5.74, 6) is -0.294. The molecule has 0 fully saturated rings. The summed E-state index contributed by atoms with van der Waals surface area (Å²) in [6.07, 6.45) is 2.71. The average Bonchev–Trinajstić information content (AvgIpc) is 2.16. The number of rotatable bonds is 2. The number of carbonyl (C=O) groups excluding carboxylic acids is 1. The van der Waals surface area contributed by atoms with Gasteiger partial charge in [0, 0.05) is 24.9 Å². The van der Waals surface area contributed by atoms with Gasteiger partial charge in [-0.15, -0.1) is 0 Å². The van der Waals surface area contributed by atoms with E-state index in [1.807, 2.05) is 0 Å². The second-order valence-corrected chi connectivity index (χ2v) is 2.85. The Labute approximate surface area is 81.9 Å². The molecule has 0 aliphatic carbocycles. The highest BCUT2D eigenvalue weighted by molar-refractivity contribution is 6.59. The Balaban J connectivity index is 3.20. The van der Waals surface area contributed by atoms with Gasteiger partial charge in [0.2, 0.25) is 0 Å². The molecule has 0 bridgehead atoms. The first-order valence-corrected chi connectivity index (χ1v) is 4.10. The Bertz CT molecular complexity index is 354. The fourth-order valence-corrected chi connectivity index (χ4v) is 1.17. The molecular formula is C8H11BN2O3. The summed E-state index contributed by atoms with van der Waals surface area (Å²) in [5.41, 5.74) is 1.11. The third kappa shape index (κ3) is 1.91. The van der Waals surface area contributed by atoms with Crippen molar-refractivity contribution in [3.63, 3.8) is 0 Å². The van der Waals surface area contributed by atoms with Crippen molar-refractivity contribution in [3.05, 3.63) is 23.5 Å². The molecule has 0 atom stereocenters. The predicted octanol–water partition coefficient (Wildman–Crippen LogP) is -1.57. The molecule has 1 amide bonds. The lowest BCUT2D eigenvalue weighted by Gasteiger charge is -2.08. The summed E-state index contributed by atoms with van der Waals surface area (Å²) in [6, 6.07) is 0. The number of pyridine rings is 1. The number of amides is 1. The molecule has 0 unspecified atom stereocenters. The lowest BCUT2D eigenvalue weighted by atomic mass is 9.77. The fraction of sp³-hybridized carbons (Fsp3) is 0.250. The molecule has 0 saturated heterocycles. The molecule has 0 aliphatic heterocycles. The SMILES string of the molecule is CNC(=O)c1cncc(B(O)O)c1C. The summed E-state index contributed by atoms with van der Waals surface area (Å²) in [4.78, 5) is 15.0. The molecule has 1 aromatic heterocycles. The second-order valence-electron chi connectivity index (χ2n) is 2.85. The van der Waals surface area contributed by atoms with E-state index in [1.54, 1.807) is 6.92 Å². The van der Waals surface area contributed by atoms with Crippen molar-refractivity contribution in [2.24, 2.45) is 0 Å². The van der Waals surface area contributed by atoms with Gasteiger partial charge in [-0.1, -0.05) is 0 Å². The summed E-state index contributed by atoms with van der Waals surface area (Å²) >= 11 is 0. The van der Waals surface area contributed by atoms with Gasteiger partial charge in [-0.05, 0) is 12.5 Å². The second kappa shape index (κ2) is 4.21. The lowest BCUT2D eigenvalue weighted by molar-refractivity contribution is 0.0962. The molecule has 0 aliphatic rings. The first-order valence-electron chi connectivity index (χ1n) is 4.10. The van der Waals surface area contributed by atoms with Gasteiger partial charge in [0.05, 0.1) is 5.56 Å². The van der Waals surface area contributed by atoms with Crippen LogP contribution < -0.4 is 10.8 Å². The van der Waals surface area contributed by atoms with Crippen LogP contribution in [0.3, 0.4) is 0 Å². The van der Waals surface area contributed by atoms with Crippen LogP contribution >= 0.6 is 0 Å². The third-order valence-electron chi connectivity index (χ3n) is 2.00. The quantitative estimate of drug-likeness (QED) is 0.496. The highest BCUT2D eigenvalue weighted by Crippen LogP contribution is 2.02. The summed E-state index contributed by atoms with van der Waals surface area (Å²) in [6.45, 7) is 1.64. The van der Waals surface area contributed by atoms with Gasteiger partial charge in [0.1, 0.15) is 0 Å². The van der Waals surface area contributed by atoms with E-state index in [-0.39, 0.29) is 11.4 Å². The van der Waals surface area contributed by atoms with Crippen molar-refractivity contribution < 1.29 is 14.8 Å². The van der Waals surface area contributed by atoms with E-state index >= 15 is 0 Å². The molecule has 0 aromatic carbocycles. The van der Waals surface area contributed by atoms with Gasteiger partial charge in [0.15, 0.2) is 0 Å². The molecular weight excluding hydrogens is 183 g/mol. The van der Waals surface area contributed by atoms with Crippen molar-refractivity contribution in [2.45, 2.75) is 6.92 Å². The maximum absolute atomic E-state index is 11.3. The summed E-state index contributed by atoms with van der Waals surface area (Å²) in [7, 11) is -0.101. The van der Waals surface area contributed by atoms with Crippen LogP contribution in [0.2, 0.25) is 0 Å². The number of nitrogens with zero attached hydrogens (tertiary/aromatic N) is 1. The fourth-order valence-electron chi connectivity index (χ4n) is 1.17. The predicted molar refractivity (Wildman–Crippen MR) is 52.2 cm³/mol. The molecule has 0 saturated carbocycles. The van der Waals surface area contributed by atoms with Gasteiger partial charge in [-0.25, -0.2) is 0 Å². The topological polar surface area (TPSA) is 82.5 Å². The van der Waals surface area contributed by atoms with E-state index in [9.17, 15) is 4.79 Å². The minimum absolute atomic E-state index is 0.242. The molecule has 6 heteroatoms. The van der Waals surface area contributed by atoms with Crippen LogP contribution in [0, 0.1) is 6.92 Å². The third-order valence-corrected chi connectivity index (χ3v) is 2.00. The van der Waals surface area contributed by atoms with Gasteiger partial charge in [-0.2, -0.15) is 0 Å². The van der Waals surface area contributed by atoms with Gasteiger partial charge >= 0.3 is 7.12 Å². The Morgan fingerprint density at radius 1 is 1.50 bits per heavy atom. The molecule has 3 N–H and O–H groups in total. The van der Waals surface area contributed by atoms with Crippen molar-refractivity contribution >= 4 is 18.5 Å². The Hall–Kier alpha value is -1.40. The normalized spacial score (nSPS) is 9.71. The lowest BCUT2D eigenvalue weighted by Crippen LogP contribution is -2.34. The molecule has 1 heterocycles. The monoisotopic (exact) mass is 194 g/mol. The summed E-state index contributed by atoms with van der Waals surface area (Å²) in [5, 5.41) is 20.4. The maximum atomic E-state index is 11.3. The van der Waals surface area contributed by atoms with Crippen LogP contribution in [-0.4, -0.2) is 35.1 Å². The highest BCUT2D eigenvalue weighted by atomic mass is 16.4. The molecule has 74 valence electrons. The number of hydrogen-bond donors (Lipinski definition) is 3. The van der Waals surface area contributed by atoms with E-state index in [4.69, 9.17) is 10.0 Å². The van der Waals surface area contributed by atoms with Crippen LogP contribution in [0.5, 0.6) is 0 Å². The Morgan fingerprint density at radius 2 is 2.14 bits per heavy atom. The average molecular weight is 194 g/mol. The van der Waals surface area contributed by atoms with Crippen LogP contribution in [0.4, 0.5) is 0 Å². The zero-order valence-corrected chi connectivity index (χ0v) is 7.98. The molecule has 1 rings (SSSR count). The van der Waals surface area contributed by atoms with E-state index < -0.39 is 7.12 Å². The molecule has 5 nitrogen and oxygen atoms in total. The van der Waals surface area contributed by atoms with E-state index in [0.29, 0.717) is 11.1 Å². The highest BCUT2D eigenvalue weighted by Gasteiger charge is 2.18. The first-order chi connectivity index (χ1) is 6.57. The maximum Gasteiger partial charge on any atom is 0.490 e. The van der Waals surface area contributed by atoms with Crippen LogP contribution in [0.15, 0.2) is 12.4 Å². The van der Waals surface area contributed by atoms with Gasteiger partial charge in [0.25, 0.3) is 5.91 Å². The van der Waals surface area contributed by atoms with Crippen LogP contribution in [-0.2, 0) is 0 Å². The van der Waals surface area contributed by atoms with Crippen molar-refractivity contribution in [3.8, 4) is 0 Å². The first kappa shape index (κ1) is 10.7. The minimum atomic E-state index is -1.60. The van der Waals surface area contributed by atoms with E-state index in [0.717, 1.165) is 0 Å². The Morgan fingerprint density at radius 3 is 2.64 bits per heavy atom. The number of aromatic nitrogens is 1. The molecule has 14 heavy (non-hydrogen) atoms. The van der Waals surface area contributed by atoms with Gasteiger partial charge < -0.3 is 15.4 Å². The number of carbonyl (C=O) groups is 1. The van der Waals surface area contributed by atoms with Crippen LogP contribution in [0.25, 0.3) is 0 Å². The van der Waals surface area contributed by atoms with Crippen molar-refractivity contribution in [1.82, 2.24) is 10.3 Å². The van der Waals surface area contributed by atoms with Crippen molar-refractivity contribution in [1.29, 1.82) is 0 Å². The summed E-state index contributed by atoms with van der Waals surface area (Å²) < 4.78 is 0. The molecule has 1 aromatic rings. The molecule has 0 spiro atoms. The van der Waals surface area contributed by atoms with E-state index in [1.165, 1.54) is 19.4 Å². The van der Waals surface area contributed by atoms with Crippen molar-refractivity contribution in [2.75, 3.05) is 7.05 Å².